The zero-order valence-corrected chi connectivity index (χ0v) is 16.3. The highest BCUT2D eigenvalue weighted by atomic mass is 32.1. The van der Waals surface area contributed by atoms with Gasteiger partial charge in [-0.1, -0.05) is 29.5 Å². The van der Waals surface area contributed by atoms with E-state index >= 15 is 0 Å². The minimum Gasteiger partial charge on any atom is -0.444 e. The molecule has 26 heavy (non-hydrogen) atoms. The van der Waals surface area contributed by atoms with Crippen LogP contribution in [0.2, 0.25) is 0 Å². The number of carbonyl (C=O) groups excluding carboxylic acids is 2. The van der Waals surface area contributed by atoms with Gasteiger partial charge in [0.05, 0.1) is 12.2 Å². The highest BCUT2D eigenvalue weighted by Gasteiger charge is 2.28. The Morgan fingerprint density at radius 2 is 2.00 bits per heavy atom. The fraction of sp³-hybridized carbons (Fsp3) is 0.421. The maximum absolute atomic E-state index is 12.4. The first-order valence-corrected chi connectivity index (χ1v) is 9.38. The Morgan fingerprint density at radius 3 is 2.69 bits per heavy atom. The summed E-state index contributed by atoms with van der Waals surface area (Å²) < 4.78 is 5.44. The third-order valence-corrected chi connectivity index (χ3v) is 4.99. The molecule has 0 atom stereocenters. The molecule has 3 rings (SSSR count). The Hall–Kier alpha value is -2.41. The number of nitrogens with one attached hydrogen (secondary N) is 1. The zero-order chi connectivity index (χ0) is 18.9. The summed E-state index contributed by atoms with van der Waals surface area (Å²) >= 11 is 1.41. The van der Waals surface area contributed by atoms with Gasteiger partial charge in [-0.15, -0.1) is 0 Å². The number of benzene rings is 1. The van der Waals surface area contributed by atoms with E-state index in [1.54, 1.807) is 11.0 Å². The van der Waals surface area contributed by atoms with Gasteiger partial charge >= 0.3 is 6.09 Å². The van der Waals surface area contributed by atoms with Gasteiger partial charge in [-0.2, -0.15) is 0 Å². The van der Waals surface area contributed by atoms with Crippen molar-refractivity contribution in [1.29, 1.82) is 0 Å². The van der Waals surface area contributed by atoms with Crippen molar-refractivity contribution in [3.63, 3.8) is 0 Å². The number of hydrogen-bond acceptors (Lipinski definition) is 5. The van der Waals surface area contributed by atoms with Crippen molar-refractivity contribution in [3.05, 3.63) is 46.0 Å². The van der Waals surface area contributed by atoms with Crippen LogP contribution in [0.25, 0.3) is 0 Å². The van der Waals surface area contributed by atoms with Crippen molar-refractivity contribution in [3.8, 4) is 0 Å². The van der Waals surface area contributed by atoms with Crippen LogP contribution >= 0.6 is 11.3 Å². The van der Waals surface area contributed by atoms with Crippen LogP contribution in [0.4, 0.5) is 9.93 Å². The molecule has 1 N–H and O–H groups in total. The maximum atomic E-state index is 12.4. The van der Waals surface area contributed by atoms with Crippen LogP contribution in [0.5, 0.6) is 0 Å². The Morgan fingerprint density at radius 1 is 1.27 bits per heavy atom. The second kappa shape index (κ2) is 7.07. The number of aryl methyl sites for hydroxylation is 1. The van der Waals surface area contributed by atoms with Crippen molar-refractivity contribution in [1.82, 2.24) is 9.88 Å². The van der Waals surface area contributed by atoms with E-state index in [9.17, 15) is 9.59 Å². The highest BCUT2D eigenvalue weighted by Crippen LogP contribution is 2.29. The van der Waals surface area contributed by atoms with Crippen molar-refractivity contribution < 1.29 is 14.3 Å². The summed E-state index contributed by atoms with van der Waals surface area (Å²) in [5.41, 5.74) is 1.98. The summed E-state index contributed by atoms with van der Waals surface area (Å²) in [7, 11) is 0. The van der Waals surface area contributed by atoms with Crippen LogP contribution in [-0.4, -0.2) is 34.0 Å². The lowest BCUT2D eigenvalue weighted by molar-refractivity contribution is 0.0225. The van der Waals surface area contributed by atoms with Crippen molar-refractivity contribution >= 4 is 28.5 Å². The molecule has 0 aliphatic carbocycles. The minimum absolute atomic E-state index is 0.168. The van der Waals surface area contributed by atoms with Crippen LogP contribution < -0.4 is 5.32 Å². The van der Waals surface area contributed by atoms with Crippen molar-refractivity contribution in [2.75, 3.05) is 11.9 Å². The summed E-state index contributed by atoms with van der Waals surface area (Å²) in [5.74, 6) is -0.168. The Bertz CT molecular complexity index is 839. The van der Waals surface area contributed by atoms with Gasteiger partial charge in [0.2, 0.25) is 0 Å². The number of ether oxygens (including phenoxy) is 1. The molecule has 0 bridgehead atoms. The molecule has 2 aromatic rings. The van der Waals surface area contributed by atoms with Crippen LogP contribution in [0.3, 0.4) is 0 Å². The molecule has 0 saturated heterocycles. The van der Waals surface area contributed by atoms with Gasteiger partial charge in [0.1, 0.15) is 5.60 Å². The number of aromatic nitrogens is 1. The number of rotatable bonds is 2. The molecule has 7 heteroatoms. The molecular weight excluding hydrogens is 350 g/mol. The fourth-order valence-corrected chi connectivity index (χ4v) is 3.74. The van der Waals surface area contributed by atoms with Gasteiger partial charge in [-0.05, 0) is 39.3 Å². The third kappa shape index (κ3) is 4.22. The number of anilines is 1. The molecule has 2 heterocycles. The van der Waals surface area contributed by atoms with E-state index < -0.39 is 5.60 Å². The topological polar surface area (TPSA) is 71.5 Å². The monoisotopic (exact) mass is 373 g/mol. The molecule has 138 valence electrons. The van der Waals surface area contributed by atoms with Crippen LogP contribution in [0.1, 0.15) is 47.3 Å². The molecular formula is C19H23N3O3S. The quantitative estimate of drug-likeness (QED) is 0.864. The molecule has 0 spiro atoms. The molecule has 2 amide bonds. The van der Waals surface area contributed by atoms with Crippen molar-refractivity contribution in [2.24, 2.45) is 0 Å². The standard InChI is InChI=1S/C19H23N3O3S/c1-12-7-5-6-8-13(12)16(23)21-17-20-14-9-10-22(11-15(14)26-17)18(24)25-19(2,3)4/h5-8H,9-11H2,1-4H3,(H,20,21,23). The third-order valence-electron chi connectivity index (χ3n) is 3.99. The molecule has 0 saturated carbocycles. The van der Waals surface area contributed by atoms with Gasteiger partial charge in [-0.25, -0.2) is 9.78 Å². The summed E-state index contributed by atoms with van der Waals surface area (Å²) in [6.07, 6.45) is 0.340. The first-order chi connectivity index (χ1) is 12.2. The predicted octanol–water partition coefficient (Wildman–Crippen LogP) is 4.00. The average molecular weight is 373 g/mol. The molecule has 0 fully saturated rings. The molecule has 1 aromatic heterocycles. The van der Waals surface area contributed by atoms with Crippen molar-refractivity contribution in [2.45, 2.75) is 46.3 Å². The van der Waals surface area contributed by atoms with E-state index in [-0.39, 0.29) is 12.0 Å². The summed E-state index contributed by atoms with van der Waals surface area (Å²) in [6.45, 7) is 8.49. The largest absolute Gasteiger partial charge is 0.444 e. The number of thiazole rings is 1. The molecule has 0 unspecified atom stereocenters. The zero-order valence-electron chi connectivity index (χ0n) is 15.5. The van der Waals surface area contributed by atoms with E-state index in [1.165, 1.54) is 11.3 Å². The Kier molecular flexibility index (Phi) is 5.00. The summed E-state index contributed by atoms with van der Waals surface area (Å²) in [4.78, 5) is 31.9. The average Bonchev–Trinajstić information content (AvgIpc) is 2.94. The fourth-order valence-electron chi connectivity index (χ4n) is 2.72. The lowest BCUT2D eigenvalue weighted by Crippen LogP contribution is -2.39. The summed E-state index contributed by atoms with van der Waals surface area (Å²) in [5, 5.41) is 3.44. The SMILES string of the molecule is Cc1ccccc1C(=O)Nc1nc2c(s1)CN(C(=O)OC(C)(C)C)CC2. The van der Waals surface area contributed by atoms with E-state index in [1.807, 2.05) is 45.9 Å². The second-order valence-corrected chi connectivity index (χ2v) is 8.39. The molecule has 1 aliphatic heterocycles. The number of hydrogen-bond donors (Lipinski definition) is 1. The van der Waals surface area contributed by atoms with Gasteiger partial charge < -0.3 is 9.64 Å². The smallest absolute Gasteiger partial charge is 0.410 e. The number of carbonyl (C=O) groups is 2. The lowest BCUT2D eigenvalue weighted by atomic mass is 10.1. The van der Waals surface area contributed by atoms with Crippen LogP contribution in [0, 0.1) is 6.92 Å². The number of fused-ring (bicyclic) bond motifs is 1. The van der Waals surface area contributed by atoms with Gasteiger partial charge in [-0.3, -0.25) is 10.1 Å². The predicted molar refractivity (Wildman–Crippen MR) is 102 cm³/mol. The normalized spacial score (nSPS) is 13.9. The van der Waals surface area contributed by atoms with Crippen LogP contribution in [0.15, 0.2) is 24.3 Å². The summed E-state index contributed by atoms with van der Waals surface area (Å²) in [6, 6.07) is 7.44. The van der Waals surface area contributed by atoms with E-state index in [0.29, 0.717) is 30.2 Å². The van der Waals surface area contributed by atoms with E-state index in [0.717, 1.165) is 16.1 Å². The van der Waals surface area contributed by atoms with E-state index in [2.05, 4.69) is 10.3 Å². The highest BCUT2D eigenvalue weighted by molar-refractivity contribution is 7.15. The Labute approximate surface area is 157 Å². The van der Waals surface area contributed by atoms with E-state index in [4.69, 9.17) is 4.74 Å². The van der Waals surface area contributed by atoms with Crippen LogP contribution in [-0.2, 0) is 17.7 Å². The van der Waals surface area contributed by atoms with Gasteiger partial charge in [0, 0.05) is 23.4 Å². The first kappa shape index (κ1) is 18.4. The van der Waals surface area contributed by atoms with Gasteiger partial charge in [0.15, 0.2) is 5.13 Å². The lowest BCUT2D eigenvalue weighted by Gasteiger charge is -2.29. The molecule has 0 radical (unpaired) electrons. The molecule has 1 aromatic carbocycles. The maximum Gasteiger partial charge on any atom is 0.410 e. The minimum atomic E-state index is -0.516. The molecule has 6 nitrogen and oxygen atoms in total. The number of amides is 2. The first-order valence-electron chi connectivity index (χ1n) is 8.56. The Balaban J connectivity index is 1.69. The number of nitrogens with zero attached hydrogens (tertiary/aromatic N) is 2. The van der Waals surface area contributed by atoms with Gasteiger partial charge in [0.25, 0.3) is 5.91 Å². The second-order valence-electron chi connectivity index (χ2n) is 7.31. The molecule has 1 aliphatic rings.